The first-order valence-electron chi connectivity index (χ1n) is 8.35. The van der Waals surface area contributed by atoms with Gasteiger partial charge in [-0.25, -0.2) is 0 Å². The van der Waals surface area contributed by atoms with Crippen LogP contribution in [0.1, 0.15) is 18.4 Å². The van der Waals surface area contributed by atoms with Crippen LogP contribution in [0.2, 0.25) is 0 Å². The van der Waals surface area contributed by atoms with Crippen molar-refractivity contribution in [2.45, 2.75) is 19.3 Å². The summed E-state index contributed by atoms with van der Waals surface area (Å²) in [6.45, 7) is 3.09. The van der Waals surface area contributed by atoms with Gasteiger partial charge < -0.3 is 15.5 Å². The van der Waals surface area contributed by atoms with Crippen molar-refractivity contribution in [3.05, 3.63) is 58.6 Å². The van der Waals surface area contributed by atoms with Crippen LogP contribution >= 0.6 is 28.1 Å². The van der Waals surface area contributed by atoms with Crippen molar-refractivity contribution < 1.29 is 0 Å². The highest BCUT2D eigenvalue weighted by atomic mass is 79.9. The Bertz CT molecular complexity index is 687. The first-order chi connectivity index (χ1) is 11.7. The lowest BCUT2D eigenvalue weighted by molar-refractivity contribution is 0.658. The van der Waals surface area contributed by atoms with Crippen molar-refractivity contribution in [2.75, 3.05) is 29.9 Å². The van der Waals surface area contributed by atoms with Gasteiger partial charge in [0.1, 0.15) is 0 Å². The summed E-state index contributed by atoms with van der Waals surface area (Å²) in [6.07, 6.45) is 3.51. The van der Waals surface area contributed by atoms with E-state index in [2.05, 4.69) is 55.7 Å². The van der Waals surface area contributed by atoms with Gasteiger partial charge in [-0.15, -0.1) is 0 Å². The fourth-order valence-corrected chi connectivity index (χ4v) is 3.51. The van der Waals surface area contributed by atoms with E-state index in [1.165, 1.54) is 24.1 Å². The normalized spacial score (nSPS) is 13.3. The van der Waals surface area contributed by atoms with Crippen LogP contribution in [-0.2, 0) is 6.42 Å². The predicted octanol–water partition coefficient (Wildman–Crippen LogP) is 4.58. The van der Waals surface area contributed by atoms with E-state index in [0.29, 0.717) is 5.11 Å². The summed E-state index contributed by atoms with van der Waals surface area (Å²) < 4.78 is 1.06. The molecule has 3 nitrogen and oxygen atoms in total. The van der Waals surface area contributed by atoms with Crippen LogP contribution in [-0.4, -0.2) is 24.7 Å². The fourth-order valence-electron chi connectivity index (χ4n) is 3.02. The second-order valence-electron chi connectivity index (χ2n) is 5.96. The van der Waals surface area contributed by atoms with E-state index < -0.39 is 0 Å². The molecule has 126 valence electrons. The molecule has 0 fully saturated rings. The van der Waals surface area contributed by atoms with E-state index in [0.717, 1.165) is 36.2 Å². The minimum absolute atomic E-state index is 0.677. The molecule has 0 atom stereocenters. The molecule has 2 aromatic rings. The highest BCUT2D eigenvalue weighted by molar-refractivity contribution is 9.10. The van der Waals surface area contributed by atoms with Gasteiger partial charge in [-0.2, -0.15) is 0 Å². The van der Waals surface area contributed by atoms with Gasteiger partial charge in [0.05, 0.1) is 0 Å². The molecule has 0 amide bonds. The molecule has 1 aliphatic heterocycles. The van der Waals surface area contributed by atoms with E-state index in [4.69, 9.17) is 12.2 Å². The second kappa shape index (κ2) is 8.49. The molecule has 3 rings (SSSR count). The Kier molecular flexibility index (Phi) is 6.10. The topological polar surface area (TPSA) is 27.3 Å². The van der Waals surface area contributed by atoms with Crippen molar-refractivity contribution in [1.82, 2.24) is 5.32 Å². The molecule has 1 aliphatic rings. The number of anilines is 2. The number of hydrogen-bond acceptors (Lipinski definition) is 2. The van der Waals surface area contributed by atoms with Gasteiger partial charge in [0.2, 0.25) is 0 Å². The standard InChI is InChI=1S/C19H22BrN3S/c20-16-8-10-17(11-9-16)22-19(24)21-12-4-14-23-13-3-6-15-5-1-2-7-18(15)23/h1-2,5,7-11H,3-4,6,12-14H2,(H2,21,22,24). The average molecular weight is 404 g/mol. The van der Waals surface area contributed by atoms with Gasteiger partial charge in [-0.3, -0.25) is 0 Å². The van der Waals surface area contributed by atoms with Crippen LogP contribution in [0.15, 0.2) is 53.0 Å². The van der Waals surface area contributed by atoms with Crippen LogP contribution < -0.4 is 15.5 Å². The van der Waals surface area contributed by atoms with Gasteiger partial charge in [0, 0.05) is 35.5 Å². The Morgan fingerprint density at radius 3 is 2.75 bits per heavy atom. The third-order valence-electron chi connectivity index (χ3n) is 4.20. The Morgan fingerprint density at radius 2 is 1.92 bits per heavy atom. The zero-order chi connectivity index (χ0) is 16.8. The second-order valence-corrected chi connectivity index (χ2v) is 7.28. The van der Waals surface area contributed by atoms with Crippen molar-refractivity contribution >= 4 is 44.6 Å². The number of nitrogens with one attached hydrogen (secondary N) is 2. The molecule has 24 heavy (non-hydrogen) atoms. The summed E-state index contributed by atoms with van der Waals surface area (Å²) in [5, 5.41) is 7.18. The molecular formula is C19H22BrN3S. The van der Waals surface area contributed by atoms with Gasteiger partial charge in [0.25, 0.3) is 0 Å². The maximum atomic E-state index is 5.35. The van der Waals surface area contributed by atoms with E-state index in [-0.39, 0.29) is 0 Å². The number of rotatable bonds is 5. The summed E-state index contributed by atoms with van der Waals surface area (Å²) >= 11 is 8.79. The Hall–Kier alpha value is -1.59. The van der Waals surface area contributed by atoms with Crippen molar-refractivity contribution in [1.29, 1.82) is 0 Å². The summed E-state index contributed by atoms with van der Waals surface area (Å²) in [5.41, 5.74) is 3.88. The molecule has 0 radical (unpaired) electrons. The smallest absolute Gasteiger partial charge is 0.170 e. The number of fused-ring (bicyclic) bond motifs is 1. The molecule has 2 aromatic carbocycles. The average Bonchev–Trinajstić information content (AvgIpc) is 2.61. The highest BCUT2D eigenvalue weighted by Gasteiger charge is 2.15. The lowest BCUT2D eigenvalue weighted by Gasteiger charge is -2.31. The number of benzene rings is 2. The predicted molar refractivity (Wildman–Crippen MR) is 110 cm³/mol. The van der Waals surface area contributed by atoms with Crippen LogP contribution in [0.4, 0.5) is 11.4 Å². The zero-order valence-corrected chi connectivity index (χ0v) is 16.0. The first-order valence-corrected chi connectivity index (χ1v) is 9.56. The zero-order valence-electron chi connectivity index (χ0n) is 13.6. The molecule has 0 saturated carbocycles. The first kappa shape index (κ1) is 17.2. The molecule has 0 aromatic heterocycles. The summed E-state index contributed by atoms with van der Waals surface area (Å²) in [5.74, 6) is 0. The molecule has 1 heterocycles. The molecule has 0 aliphatic carbocycles. The minimum Gasteiger partial charge on any atom is -0.371 e. The Labute approximate surface area is 157 Å². The largest absolute Gasteiger partial charge is 0.371 e. The molecule has 0 unspecified atom stereocenters. The van der Waals surface area contributed by atoms with Crippen LogP contribution in [0.25, 0.3) is 0 Å². The summed E-state index contributed by atoms with van der Waals surface area (Å²) in [7, 11) is 0. The Balaban J connectivity index is 1.41. The van der Waals surface area contributed by atoms with Crippen LogP contribution in [0.5, 0.6) is 0 Å². The molecular weight excluding hydrogens is 382 g/mol. The summed E-state index contributed by atoms with van der Waals surface area (Å²) in [4.78, 5) is 2.49. The van der Waals surface area contributed by atoms with Crippen LogP contribution in [0, 0.1) is 0 Å². The van der Waals surface area contributed by atoms with Gasteiger partial charge in [-0.05, 0) is 67.4 Å². The number of aryl methyl sites for hydroxylation is 1. The molecule has 0 saturated heterocycles. The SMILES string of the molecule is S=C(NCCCN1CCCc2ccccc21)Nc1ccc(Br)cc1. The lowest BCUT2D eigenvalue weighted by atomic mass is 10.0. The van der Waals surface area contributed by atoms with E-state index in [1.54, 1.807) is 0 Å². The maximum absolute atomic E-state index is 5.35. The molecule has 2 N–H and O–H groups in total. The monoisotopic (exact) mass is 403 g/mol. The third-order valence-corrected chi connectivity index (χ3v) is 4.97. The van der Waals surface area contributed by atoms with Gasteiger partial charge in [0.15, 0.2) is 5.11 Å². The molecule has 0 bridgehead atoms. The number of para-hydroxylation sites is 1. The van der Waals surface area contributed by atoms with Crippen molar-refractivity contribution in [3.8, 4) is 0 Å². The number of halogens is 1. The quantitative estimate of drug-likeness (QED) is 0.564. The van der Waals surface area contributed by atoms with Gasteiger partial charge >= 0.3 is 0 Å². The van der Waals surface area contributed by atoms with Crippen molar-refractivity contribution in [3.63, 3.8) is 0 Å². The molecule has 5 heteroatoms. The van der Waals surface area contributed by atoms with Crippen molar-refractivity contribution in [2.24, 2.45) is 0 Å². The highest BCUT2D eigenvalue weighted by Crippen LogP contribution is 2.26. The Morgan fingerprint density at radius 1 is 1.12 bits per heavy atom. The van der Waals surface area contributed by atoms with E-state index in [1.807, 2.05) is 24.3 Å². The minimum atomic E-state index is 0.677. The van der Waals surface area contributed by atoms with Crippen LogP contribution in [0.3, 0.4) is 0 Å². The van der Waals surface area contributed by atoms with E-state index >= 15 is 0 Å². The van der Waals surface area contributed by atoms with Gasteiger partial charge in [-0.1, -0.05) is 34.1 Å². The lowest BCUT2D eigenvalue weighted by Crippen LogP contribution is -2.34. The fraction of sp³-hybridized carbons (Fsp3) is 0.316. The maximum Gasteiger partial charge on any atom is 0.170 e. The number of thiocarbonyl (C=S) groups is 1. The summed E-state index contributed by atoms with van der Waals surface area (Å²) in [6, 6.07) is 16.8. The number of nitrogens with zero attached hydrogens (tertiary/aromatic N) is 1. The van der Waals surface area contributed by atoms with E-state index in [9.17, 15) is 0 Å². The molecule has 0 spiro atoms. The third kappa shape index (κ3) is 4.71. The number of hydrogen-bond donors (Lipinski definition) is 2.